The molecule has 0 spiro atoms. The molecule has 0 unspecified atom stereocenters. The minimum Gasteiger partial charge on any atom is -0.323 e. The molecule has 2 N–H and O–H groups in total. The number of benzene rings is 1. The number of hydrogen-bond donors (Lipinski definition) is 2. The molecule has 0 aliphatic heterocycles. The Bertz CT molecular complexity index is 991. The van der Waals surface area contributed by atoms with Crippen LogP contribution < -0.4 is 10.6 Å². The van der Waals surface area contributed by atoms with E-state index in [0.29, 0.717) is 11.6 Å². The summed E-state index contributed by atoms with van der Waals surface area (Å²) in [7, 11) is 0. The average Bonchev–Trinajstić information content (AvgIpc) is 2.64. The Hall–Kier alpha value is -3.54. The molecule has 0 radical (unpaired) electrons. The minimum atomic E-state index is 0.668. The zero-order valence-electron chi connectivity index (χ0n) is 14.6. The van der Waals surface area contributed by atoms with Gasteiger partial charge >= 0.3 is 0 Å². The molecule has 4 rings (SSSR count). The van der Waals surface area contributed by atoms with E-state index in [1.54, 1.807) is 12.4 Å². The summed E-state index contributed by atoms with van der Waals surface area (Å²) in [6, 6.07) is 15.8. The second kappa shape index (κ2) is 6.76. The van der Waals surface area contributed by atoms with Crippen molar-refractivity contribution in [3.8, 4) is 0 Å². The minimum absolute atomic E-state index is 0.668. The third-order valence-corrected chi connectivity index (χ3v) is 4.01. The van der Waals surface area contributed by atoms with Gasteiger partial charge in [0, 0.05) is 23.2 Å². The van der Waals surface area contributed by atoms with Crippen molar-refractivity contribution in [2.75, 3.05) is 10.6 Å². The molecule has 6 heteroatoms. The lowest BCUT2D eigenvalue weighted by atomic mass is 10.1. The van der Waals surface area contributed by atoms with Crippen LogP contribution in [-0.2, 0) is 0 Å². The smallest absolute Gasteiger partial charge is 0.162 e. The van der Waals surface area contributed by atoms with Crippen LogP contribution in [0.3, 0.4) is 0 Å². The molecule has 0 aliphatic rings. The molecule has 3 aromatic heterocycles. The normalized spacial score (nSPS) is 10.7. The van der Waals surface area contributed by atoms with Crippen LogP contribution in [0.4, 0.5) is 23.3 Å². The van der Waals surface area contributed by atoms with Crippen molar-refractivity contribution in [2.24, 2.45) is 0 Å². The van der Waals surface area contributed by atoms with E-state index < -0.39 is 0 Å². The van der Waals surface area contributed by atoms with Crippen LogP contribution in [0.15, 0.2) is 60.9 Å². The number of fused-ring (bicyclic) bond motifs is 1. The Labute approximate surface area is 151 Å². The van der Waals surface area contributed by atoms with Crippen LogP contribution in [0.25, 0.3) is 10.8 Å². The van der Waals surface area contributed by atoms with Gasteiger partial charge in [-0.25, -0.2) is 9.97 Å². The summed E-state index contributed by atoms with van der Waals surface area (Å²) in [5.74, 6) is 2.82. The number of hydrogen-bond acceptors (Lipinski definition) is 6. The van der Waals surface area contributed by atoms with Gasteiger partial charge in [-0.1, -0.05) is 24.3 Å². The van der Waals surface area contributed by atoms with Crippen LogP contribution in [0.5, 0.6) is 0 Å². The first-order chi connectivity index (χ1) is 12.7. The second-order valence-electron chi connectivity index (χ2n) is 6.13. The Morgan fingerprint density at radius 2 is 1.12 bits per heavy atom. The topological polar surface area (TPSA) is 75.6 Å². The summed E-state index contributed by atoms with van der Waals surface area (Å²) in [4.78, 5) is 8.67. The molecule has 0 bridgehead atoms. The lowest BCUT2D eigenvalue weighted by molar-refractivity contribution is 1.05. The van der Waals surface area contributed by atoms with Gasteiger partial charge in [-0.3, -0.25) is 0 Å². The molecule has 0 saturated heterocycles. The van der Waals surface area contributed by atoms with Crippen molar-refractivity contribution in [1.82, 2.24) is 20.2 Å². The molecule has 0 atom stereocenters. The van der Waals surface area contributed by atoms with Crippen LogP contribution in [0, 0.1) is 13.8 Å². The lowest BCUT2D eigenvalue weighted by Crippen LogP contribution is -2.03. The largest absolute Gasteiger partial charge is 0.323 e. The van der Waals surface area contributed by atoms with Gasteiger partial charge in [0.2, 0.25) is 0 Å². The molecule has 4 aromatic rings. The van der Waals surface area contributed by atoms with E-state index in [1.807, 2.05) is 62.4 Å². The molecular weight excluding hydrogens is 324 g/mol. The monoisotopic (exact) mass is 342 g/mol. The molecule has 0 aliphatic carbocycles. The molecule has 0 saturated carbocycles. The van der Waals surface area contributed by atoms with Gasteiger partial charge in [-0.15, -0.1) is 10.2 Å². The number of aryl methyl sites for hydroxylation is 2. The van der Waals surface area contributed by atoms with Gasteiger partial charge in [0.1, 0.15) is 11.6 Å². The number of rotatable bonds is 4. The summed E-state index contributed by atoms with van der Waals surface area (Å²) in [5.41, 5.74) is 2.26. The van der Waals surface area contributed by atoms with E-state index in [0.717, 1.165) is 33.5 Å². The molecule has 1 aromatic carbocycles. The Morgan fingerprint density at radius 1 is 0.654 bits per heavy atom. The van der Waals surface area contributed by atoms with Crippen LogP contribution in [-0.4, -0.2) is 20.2 Å². The molecular formula is C20H18N6. The van der Waals surface area contributed by atoms with Gasteiger partial charge in [-0.05, 0) is 49.2 Å². The van der Waals surface area contributed by atoms with Gasteiger partial charge in [-0.2, -0.15) is 0 Å². The molecule has 6 nitrogen and oxygen atoms in total. The predicted octanol–water partition coefficient (Wildman–Crippen LogP) is 4.52. The van der Waals surface area contributed by atoms with Crippen molar-refractivity contribution in [2.45, 2.75) is 13.8 Å². The number of pyridine rings is 2. The zero-order valence-corrected chi connectivity index (χ0v) is 14.6. The summed E-state index contributed by atoms with van der Waals surface area (Å²) in [5, 5.41) is 17.2. The van der Waals surface area contributed by atoms with Crippen LogP contribution in [0.2, 0.25) is 0 Å². The molecule has 3 heterocycles. The molecule has 26 heavy (non-hydrogen) atoms. The van der Waals surface area contributed by atoms with Gasteiger partial charge in [0.25, 0.3) is 0 Å². The highest BCUT2D eigenvalue weighted by molar-refractivity contribution is 5.99. The first kappa shape index (κ1) is 16.0. The maximum absolute atomic E-state index is 4.36. The quantitative estimate of drug-likeness (QED) is 0.568. The van der Waals surface area contributed by atoms with E-state index in [-0.39, 0.29) is 0 Å². The highest BCUT2D eigenvalue weighted by Gasteiger charge is 2.10. The lowest BCUT2D eigenvalue weighted by Gasteiger charge is -2.12. The third kappa shape index (κ3) is 3.30. The molecule has 0 amide bonds. The predicted molar refractivity (Wildman–Crippen MR) is 104 cm³/mol. The Balaban J connectivity index is 1.73. The summed E-state index contributed by atoms with van der Waals surface area (Å²) in [6.07, 6.45) is 3.54. The van der Waals surface area contributed by atoms with Crippen LogP contribution >= 0.6 is 0 Å². The molecule has 0 fully saturated rings. The van der Waals surface area contributed by atoms with Crippen molar-refractivity contribution in [3.63, 3.8) is 0 Å². The number of nitrogens with zero attached hydrogens (tertiary/aromatic N) is 4. The van der Waals surface area contributed by atoms with Crippen molar-refractivity contribution in [3.05, 3.63) is 72.1 Å². The van der Waals surface area contributed by atoms with Gasteiger partial charge in [0.15, 0.2) is 11.6 Å². The Kier molecular flexibility index (Phi) is 4.15. The highest BCUT2D eigenvalue weighted by Crippen LogP contribution is 2.29. The first-order valence-corrected chi connectivity index (χ1v) is 8.34. The average molecular weight is 342 g/mol. The summed E-state index contributed by atoms with van der Waals surface area (Å²) in [6.45, 7) is 4.05. The van der Waals surface area contributed by atoms with E-state index in [1.165, 1.54) is 0 Å². The summed E-state index contributed by atoms with van der Waals surface area (Å²) >= 11 is 0. The standard InChI is InChI=1S/C20H18N6/c1-13-7-9-21-17(11-13)23-19-15-5-3-4-6-16(15)20(26-25-19)24-18-12-14(2)8-10-22-18/h3-12H,1-2H3,(H,21,23,25)(H,22,24,26). The zero-order chi connectivity index (χ0) is 17.9. The van der Waals surface area contributed by atoms with E-state index in [2.05, 4.69) is 30.8 Å². The van der Waals surface area contributed by atoms with Crippen molar-refractivity contribution < 1.29 is 0 Å². The fraction of sp³-hybridized carbons (Fsp3) is 0.100. The van der Waals surface area contributed by atoms with E-state index in [9.17, 15) is 0 Å². The third-order valence-electron chi connectivity index (χ3n) is 4.01. The van der Waals surface area contributed by atoms with Crippen molar-refractivity contribution in [1.29, 1.82) is 0 Å². The van der Waals surface area contributed by atoms with Crippen molar-refractivity contribution >= 4 is 34.0 Å². The fourth-order valence-electron chi connectivity index (χ4n) is 2.74. The molecule has 128 valence electrons. The van der Waals surface area contributed by atoms with E-state index in [4.69, 9.17) is 0 Å². The number of aromatic nitrogens is 4. The second-order valence-corrected chi connectivity index (χ2v) is 6.13. The van der Waals surface area contributed by atoms with E-state index >= 15 is 0 Å². The number of nitrogens with one attached hydrogen (secondary N) is 2. The summed E-state index contributed by atoms with van der Waals surface area (Å²) < 4.78 is 0. The maximum Gasteiger partial charge on any atom is 0.162 e. The maximum atomic E-state index is 4.36. The Morgan fingerprint density at radius 3 is 1.54 bits per heavy atom. The first-order valence-electron chi connectivity index (χ1n) is 8.34. The SMILES string of the molecule is Cc1ccnc(Nc2nnc(Nc3cc(C)ccn3)c3ccccc23)c1. The fourth-order valence-corrected chi connectivity index (χ4v) is 2.74. The van der Waals surface area contributed by atoms with Gasteiger partial charge in [0.05, 0.1) is 0 Å². The van der Waals surface area contributed by atoms with Crippen LogP contribution in [0.1, 0.15) is 11.1 Å². The highest BCUT2D eigenvalue weighted by atomic mass is 15.2. The number of anilines is 4. The van der Waals surface area contributed by atoms with Gasteiger partial charge < -0.3 is 10.6 Å².